The van der Waals surface area contributed by atoms with E-state index in [-0.39, 0.29) is 21.7 Å². The molecule has 2 rings (SSSR count). The molecule has 0 spiro atoms. The minimum absolute atomic E-state index is 0.0215. The maximum atomic E-state index is 10.7. The Kier molecular flexibility index (Phi) is 12.2. The number of rotatable bonds is 7. The van der Waals surface area contributed by atoms with Gasteiger partial charge in [-0.15, -0.1) is 0 Å². The molecule has 2 N–H and O–H groups in total. The van der Waals surface area contributed by atoms with Gasteiger partial charge >= 0.3 is 0 Å². The molecule has 0 saturated heterocycles. The normalized spacial score (nSPS) is 12.8. The van der Waals surface area contributed by atoms with Gasteiger partial charge in [0.15, 0.2) is 0 Å². The summed E-state index contributed by atoms with van der Waals surface area (Å²) in [6.45, 7) is 30.5. The second-order valence-corrected chi connectivity index (χ2v) is 15.6. The lowest BCUT2D eigenvalue weighted by Gasteiger charge is -2.28. The van der Waals surface area contributed by atoms with Gasteiger partial charge in [0.25, 0.3) is 0 Å². The van der Waals surface area contributed by atoms with Crippen LogP contribution in [0.2, 0.25) is 0 Å². The summed E-state index contributed by atoms with van der Waals surface area (Å²) in [5, 5.41) is 21.3. The maximum absolute atomic E-state index is 10.7. The quantitative estimate of drug-likeness (QED) is 0.344. The molecule has 0 unspecified atom stereocenters. The Labute approximate surface area is 242 Å². The Morgan fingerprint density at radius 2 is 0.692 bits per heavy atom. The fourth-order valence-electron chi connectivity index (χ4n) is 4.92. The summed E-state index contributed by atoms with van der Waals surface area (Å²) >= 11 is 0. The summed E-state index contributed by atoms with van der Waals surface area (Å²) in [7, 11) is 0. The van der Waals surface area contributed by atoms with Crippen molar-refractivity contribution in [3.8, 4) is 11.5 Å². The standard InChI is InChI=1S/C19H32O.C18H30O/c1-8-9-10-11-14-12-15(18(2,3)4)17(20)16(13-14)19(5,6)7;1-8-9-10-13-11-14(17(2,3)4)16(19)15(12-13)18(5,6)7/h12-13,20H,8-11H2,1-7H3;11-12,19H,8-10H2,1-7H3. The van der Waals surface area contributed by atoms with E-state index in [1.807, 2.05) is 0 Å². The van der Waals surface area contributed by atoms with Crippen LogP contribution in [0.25, 0.3) is 0 Å². The summed E-state index contributed by atoms with van der Waals surface area (Å²) in [5.74, 6) is 0.976. The van der Waals surface area contributed by atoms with Crippen LogP contribution in [0, 0.1) is 0 Å². The Balaban J connectivity index is 0.000000391. The Hall–Kier alpha value is -1.96. The number of aryl methyl sites for hydroxylation is 2. The molecule has 0 atom stereocenters. The molecular formula is C37H62O2. The zero-order valence-corrected chi connectivity index (χ0v) is 28.2. The van der Waals surface area contributed by atoms with Gasteiger partial charge in [0.05, 0.1) is 0 Å². The van der Waals surface area contributed by atoms with E-state index in [4.69, 9.17) is 0 Å². The van der Waals surface area contributed by atoms with Crippen molar-refractivity contribution in [1.82, 2.24) is 0 Å². The summed E-state index contributed by atoms with van der Waals surface area (Å²) in [6.07, 6.45) is 8.37. The molecule has 0 heterocycles. The molecule has 0 aromatic heterocycles. The monoisotopic (exact) mass is 538 g/mol. The van der Waals surface area contributed by atoms with Crippen LogP contribution in [-0.4, -0.2) is 10.2 Å². The molecule has 222 valence electrons. The average molecular weight is 539 g/mol. The highest BCUT2D eigenvalue weighted by atomic mass is 16.3. The molecule has 0 fully saturated rings. The molecule has 2 aromatic rings. The third kappa shape index (κ3) is 10.5. The van der Waals surface area contributed by atoms with Crippen LogP contribution in [-0.2, 0) is 34.5 Å². The number of phenols is 2. The minimum Gasteiger partial charge on any atom is -0.507 e. The van der Waals surface area contributed by atoms with Crippen molar-refractivity contribution in [2.45, 2.75) is 164 Å². The van der Waals surface area contributed by atoms with Crippen LogP contribution in [0.1, 0.15) is 162 Å². The molecule has 2 nitrogen and oxygen atoms in total. The molecule has 2 aromatic carbocycles. The molecule has 0 saturated carbocycles. The van der Waals surface area contributed by atoms with Crippen molar-refractivity contribution in [2.75, 3.05) is 0 Å². The van der Waals surface area contributed by atoms with Crippen molar-refractivity contribution in [3.63, 3.8) is 0 Å². The Morgan fingerprint density at radius 1 is 0.436 bits per heavy atom. The van der Waals surface area contributed by atoms with E-state index >= 15 is 0 Å². The second kappa shape index (κ2) is 13.6. The van der Waals surface area contributed by atoms with E-state index in [9.17, 15) is 10.2 Å². The molecule has 0 bridgehead atoms. The molecular weight excluding hydrogens is 476 g/mol. The van der Waals surface area contributed by atoms with E-state index in [1.165, 1.54) is 43.2 Å². The topological polar surface area (TPSA) is 40.5 Å². The van der Waals surface area contributed by atoms with Gasteiger partial charge < -0.3 is 10.2 Å². The molecule has 2 heteroatoms. The molecule has 39 heavy (non-hydrogen) atoms. The zero-order valence-electron chi connectivity index (χ0n) is 28.2. The molecule has 0 radical (unpaired) electrons. The molecule has 0 aliphatic rings. The highest BCUT2D eigenvalue weighted by molar-refractivity contribution is 5.51. The van der Waals surface area contributed by atoms with E-state index in [2.05, 4.69) is 121 Å². The first-order valence-electron chi connectivity index (χ1n) is 15.4. The van der Waals surface area contributed by atoms with Crippen molar-refractivity contribution in [3.05, 3.63) is 57.6 Å². The van der Waals surface area contributed by atoms with E-state index in [0.29, 0.717) is 11.5 Å². The van der Waals surface area contributed by atoms with Crippen molar-refractivity contribution in [1.29, 1.82) is 0 Å². The van der Waals surface area contributed by atoms with Gasteiger partial charge in [0.2, 0.25) is 0 Å². The predicted octanol–water partition coefficient (Wildman–Crippen LogP) is 11.0. The van der Waals surface area contributed by atoms with Crippen LogP contribution in [0.15, 0.2) is 24.3 Å². The largest absolute Gasteiger partial charge is 0.507 e. The lowest BCUT2D eigenvalue weighted by Crippen LogP contribution is -2.18. The first-order chi connectivity index (χ1) is 17.6. The fraction of sp³-hybridized carbons (Fsp3) is 0.676. The number of unbranched alkanes of at least 4 members (excludes halogenated alkanes) is 3. The van der Waals surface area contributed by atoms with Gasteiger partial charge in [-0.1, -0.05) is 140 Å². The smallest absolute Gasteiger partial charge is 0.123 e. The summed E-state index contributed by atoms with van der Waals surface area (Å²) in [4.78, 5) is 0. The van der Waals surface area contributed by atoms with Gasteiger partial charge in [-0.3, -0.25) is 0 Å². The lowest BCUT2D eigenvalue weighted by molar-refractivity contribution is 0.421. The Bertz CT molecular complexity index is 977. The summed E-state index contributed by atoms with van der Waals surface area (Å²) < 4.78 is 0. The lowest BCUT2D eigenvalue weighted by atomic mass is 9.78. The van der Waals surface area contributed by atoms with E-state index < -0.39 is 0 Å². The molecule has 0 aliphatic heterocycles. The SMILES string of the molecule is CCCCCc1cc(C(C)(C)C)c(O)c(C(C)(C)C)c1.CCCCc1cc(C(C)(C)C)c(O)c(C(C)(C)C)c1. The maximum Gasteiger partial charge on any atom is 0.123 e. The van der Waals surface area contributed by atoms with Gasteiger partial charge in [0, 0.05) is 0 Å². The zero-order chi connectivity index (χ0) is 30.4. The molecule has 0 aliphatic carbocycles. The van der Waals surface area contributed by atoms with Crippen LogP contribution >= 0.6 is 0 Å². The van der Waals surface area contributed by atoms with Crippen molar-refractivity contribution < 1.29 is 10.2 Å². The van der Waals surface area contributed by atoms with E-state index in [0.717, 1.165) is 35.1 Å². The summed E-state index contributed by atoms with van der Waals surface area (Å²) in [5.41, 5.74) is 6.94. The van der Waals surface area contributed by atoms with Gasteiger partial charge in [0.1, 0.15) is 11.5 Å². The van der Waals surface area contributed by atoms with Crippen LogP contribution < -0.4 is 0 Å². The predicted molar refractivity (Wildman–Crippen MR) is 173 cm³/mol. The first kappa shape index (κ1) is 35.1. The second-order valence-electron chi connectivity index (χ2n) is 15.6. The number of benzene rings is 2. The van der Waals surface area contributed by atoms with E-state index in [1.54, 1.807) is 0 Å². The highest BCUT2D eigenvalue weighted by Gasteiger charge is 2.27. The van der Waals surface area contributed by atoms with Crippen molar-refractivity contribution in [2.24, 2.45) is 0 Å². The number of aromatic hydroxyl groups is 2. The van der Waals surface area contributed by atoms with Crippen LogP contribution in [0.5, 0.6) is 11.5 Å². The number of hydrogen-bond acceptors (Lipinski definition) is 2. The third-order valence-electron chi connectivity index (χ3n) is 7.46. The number of hydrogen-bond donors (Lipinski definition) is 2. The van der Waals surface area contributed by atoms with Crippen LogP contribution in [0.4, 0.5) is 0 Å². The van der Waals surface area contributed by atoms with Gasteiger partial charge in [-0.25, -0.2) is 0 Å². The van der Waals surface area contributed by atoms with Gasteiger partial charge in [-0.05, 0) is 80.7 Å². The molecule has 0 amide bonds. The van der Waals surface area contributed by atoms with Crippen molar-refractivity contribution >= 4 is 0 Å². The first-order valence-corrected chi connectivity index (χ1v) is 15.4. The fourth-order valence-corrected chi connectivity index (χ4v) is 4.92. The number of phenolic OH excluding ortho intramolecular Hbond substituents is 2. The van der Waals surface area contributed by atoms with Crippen LogP contribution in [0.3, 0.4) is 0 Å². The Morgan fingerprint density at radius 3 is 0.923 bits per heavy atom. The highest BCUT2D eigenvalue weighted by Crippen LogP contribution is 2.41. The van der Waals surface area contributed by atoms with Gasteiger partial charge in [-0.2, -0.15) is 0 Å². The minimum atomic E-state index is -0.0230. The average Bonchev–Trinajstić information content (AvgIpc) is 2.76. The summed E-state index contributed by atoms with van der Waals surface area (Å²) in [6, 6.07) is 8.81. The third-order valence-corrected chi connectivity index (χ3v) is 7.46.